The molecule has 6 nitrogen and oxygen atoms in total. The Morgan fingerprint density at radius 3 is 2.63 bits per heavy atom. The van der Waals surface area contributed by atoms with Crippen LogP contribution in [0.4, 0.5) is 5.69 Å². The number of piperidine rings is 1. The molecule has 1 aromatic heterocycles. The van der Waals surface area contributed by atoms with Gasteiger partial charge in [0, 0.05) is 6.04 Å². The molecule has 0 spiro atoms. The highest BCUT2D eigenvalue weighted by Crippen LogP contribution is 2.22. The molecule has 1 amide bonds. The molecule has 106 valence electrons. The molecule has 1 saturated heterocycles. The van der Waals surface area contributed by atoms with E-state index in [1.54, 1.807) is 0 Å². The number of likely N-dealkylation sites (tertiary alicyclic amines) is 1. The van der Waals surface area contributed by atoms with Gasteiger partial charge in [-0.3, -0.25) is 9.89 Å². The average Bonchev–Trinajstić information content (AvgIpc) is 2.74. The lowest BCUT2D eigenvalue weighted by Gasteiger charge is -2.29. The molecule has 0 unspecified atom stereocenters. The number of nitrogen functional groups attached to an aromatic ring is 1. The molecule has 0 saturated carbocycles. The van der Waals surface area contributed by atoms with Crippen molar-refractivity contribution in [1.29, 1.82) is 0 Å². The first-order chi connectivity index (χ1) is 8.99. The first kappa shape index (κ1) is 13.9. The van der Waals surface area contributed by atoms with Crippen molar-refractivity contribution in [2.75, 3.05) is 25.9 Å². The molecule has 0 radical (unpaired) electrons. The van der Waals surface area contributed by atoms with Crippen LogP contribution in [0.15, 0.2) is 0 Å². The molecule has 1 fully saturated rings. The number of rotatable bonds is 3. The number of aromatic amines is 1. The van der Waals surface area contributed by atoms with Gasteiger partial charge < -0.3 is 16.0 Å². The maximum atomic E-state index is 12.2. The molecule has 1 aromatic rings. The number of hydrogen-bond acceptors (Lipinski definition) is 4. The number of carbonyl (C=O) groups excluding carboxylic acids is 1. The molecular formula is C13H23N5O. The third-order valence-corrected chi connectivity index (χ3v) is 3.68. The van der Waals surface area contributed by atoms with E-state index >= 15 is 0 Å². The van der Waals surface area contributed by atoms with E-state index in [9.17, 15) is 4.79 Å². The van der Waals surface area contributed by atoms with Crippen LogP contribution in [0.25, 0.3) is 0 Å². The van der Waals surface area contributed by atoms with Gasteiger partial charge in [-0.25, -0.2) is 0 Å². The molecule has 0 aromatic carbocycles. The topological polar surface area (TPSA) is 87.0 Å². The van der Waals surface area contributed by atoms with Crippen LogP contribution in [0.2, 0.25) is 0 Å². The van der Waals surface area contributed by atoms with Gasteiger partial charge in [0.1, 0.15) is 0 Å². The molecule has 0 atom stereocenters. The van der Waals surface area contributed by atoms with E-state index in [4.69, 9.17) is 5.73 Å². The number of nitrogens with one attached hydrogen (secondary N) is 2. The lowest BCUT2D eigenvalue weighted by molar-refractivity contribution is 0.0912. The van der Waals surface area contributed by atoms with Gasteiger partial charge in [-0.1, -0.05) is 13.8 Å². The zero-order valence-corrected chi connectivity index (χ0v) is 11.9. The smallest absolute Gasteiger partial charge is 0.274 e. The van der Waals surface area contributed by atoms with Crippen LogP contribution in [0.5, 0.6) is 0 Å². The van der Waals surface area contributed by atoms with Gasteiger partial charge in [0.15, 0.2) is 5.69 Å². The summed E-state index contributed by atoms with van der Waals surface area (Å²) in [5, 5.41) is 9.92. The Hall–Kier alpha value is -1.56. The summed E-state index contributed by atoms with van der Waals surface area (Å²) in [6.07, 6.45) is 1.95. The first-order valence-corrected chi connectivity index (χ1v) is 6.82. The number of aromatic nitrogens is 2. The fourth-order valence-electron chi connectivity index (χ4n) is 2.38. The summed E-state index contributed by atoms with van der Waals surface area (Å²) >= 11 is 0. The number of carbonyl (C=O) groups is 1. The Labute approximate surface area is 113 Å². The van der Waals surface area contributed by atoms with Gasteiger partial charge in [0.25, 0.3) is 5.91 Å². The lowest BCUT2D eigenvalue weighted by Crippen LogP contribution is -2.43. The number of nitrogens with zero attached hydrogens (tertiary/aromatic N) is 2. The van der Waals surface area contributed by atoms with E-state index in [1.807, 2.05) is 13.8 Å². The predicted molar refractivity (Wildman–Crippen MR) is 75.1 cm³/mol. The summed E-state index contributed by atoms with van der Waals surface area (Å²) in [6, 6.07) is 0.224. The Kier molecular flexibility index (Phi) is 4.09. The summed E-state index contributed by atoms with van der Waals surface area (Å²) in [7, 11) is 2.10. The molecule has 2 heterocycles. The van der Waals surface area contributed by atoms with E-state index in [-0.39, 0.29) is 17.9 Å². The number of amides is 1. The van der Waals surface area contributed by atoms with E-state index in [0.717, 1.165) is 31.6 Å². The van der Waals surface area contributed by atoms with Crippen LogP contribution < -0.4 is 11.1 Å². The van der Waals surface area contributed by atoms with Crippen molar-refractivity contribution in [2.24, 2.45) is 0 Å². The molecule has 1 aliphatic heterocycles. The van der Waals surface area contributed by atoms with Crippen molar-refractivity contribution in [3.05, 3.63) is 11.4 Å². The number of nitrogens with two attached hydrogens (primary N) is 1. The molecule has 19 heavy (non-hydrogen) atoms. The van der Waals surface area contributed by atoms with Gasteiger partial charge in [-0.2, -0.15) is 5.10 Å². The third kappa shape index (κ3) is 3.07. The minimum absolute atomic E-state index is 0.171. The summed E-state index contributed by atoms with van der Waals surface area (Å²) in [5.74, 6) is 0.0626. The molecule has 6 heteroatoms. The molecule has 2 rings (SSSR count). The minimum atomic E-state index is -0.171. The monoisotopic (exact) mass is 265 g/mol. The average molecular weight is 265 g/mol. The van der Waals surface area contributed by atoms with Gasteiger partial charge >= 0.3 is 0 Å². The Morgan fingerprint density at radius 2 is 2.11 bits per heavy atom. The highest BCUT2D eigenvalue weighted by atomic mass is 16.2. The van der Waals surface area contributed by atoms with E-state index in [0.29, 0.717) is 11.4 Å². The molecule has 0 bridgehead atoms. The Bertz CT molecular complexity index is 446. The zero-order valence-electron chi connectivity index (χ0n) is 11.9. The molecular weight excluding hydrogens is 242 g/mol. The quantitative estimate of drug-likeness (QED) is 0.759. The molecule has 0 aliphatic carbocycles. The third-order valence-electron chi connectivity index (χ3n) is 3.68. The SMILES string of the molecule is CC(C)c1[nH]nc(C(=O)NC2CCN(C)CC2)c1N. The maximum absolute atomic E-state index is 12.2. The standard InChI is InChI=1S/C13H23N5O/c1-8(2)11-10(14)12(17-16-11)13(19)15-9-4-6-18(3)7-5-9/h8-9H,4-7,14H2,1-3H3,(H,15,19)(H,16,17). The summed E-state index contributed by atoms with van der Waals surface area (Å²) in [4.78, 5) is 14.4. The van der Waals surface area contributed by atoms with Crippen molar-refractivity contribution >= 4 is 11.6 Å². The van der Waals surface area contributed by atoms with Crippen molar-refractivity contribution in [2.45, 2.75) is 38.6 Å². The van der Waals surface area contributed by atoms with Gasteiger partial charge in [0.05, 0.1) is 11.4 Å². The first-order valence-electron chi connectivity index (χ1n) is 6.82. The minimum Gasteiger partial charge on any atom is -0.395 e. The summed E-state index contributed by atoms with van der Waals surface area (Å²) < 4.78 is 0. The normalized spacial score (nSPS) is 17.9. The van der Waals surface area contributed by atoms with Gasteiger partial charge in [-0.05, 0) is 38.9 Å². The van der Waals surface area contributed by atoms with Crippen molar-refractivity contribution < 1.29 is 4.79 Å². The van der Waals surface area contributed by atoms with Crippen molar-refractivity contribution in [3.8, 4) is 0 Å². The fourth-order valence-corrected chi connectivity index (χ4v) is 2.38. The van der Waals surface area contributed by atoms with Crippen LogP contribution >= 0.6 is 0 Å². The molecule has 4 N–H and O–H groups in total. The van der Waals surface area contributed by atoms with Crippen LogP contribution in [0.3, 0.4) is 0 Å². The van der Waals surface area contributed by atoms with Gasteiger partial charge in [-0.15, -0.1) is 0 Å². The molecule has 1 aliphatic rings. The largest absolute Gasteiger partial charge is 0.395 e. The summed E-state index contributed by atoms with van der Waals surface area (Å²) in [5.41, 5.74) is 7.59. The van der Waals surface area contributed by atoms with Crippen molar-refractivity contribution in [1.82, 2.24) is 20.4 Å². The number of hydrogen-bond donors (Lipinski definition) is 3. The van der Waals surface area contributed by atoms with E-state index in [2.05, 4.69) is 27.5 Å². The maximum Gasteiger partial charge on any atom is 0.274 e. The van der Waals surface area contributed by atoms with Crippen LogP contribution in [0, 0.1) is 0 Å². The van der Waals surface area contributed by atoms with Crippen LogP contribution in [-0.4, -0.2) is 47.2 Å². The highest BCUT2D eigenvalue weighted by Gasteiger charge is 2.23. The Morgan fingerprint density at radius 1 is 1.47 bits per heavy atom. The van der Waals surface area contributed by atoms with Crippen molar-refractivity contribution in [3.63, 3.8) is 0 Å². The predicted octanol–water partition coefficient (Wildman–Crippen LogP) is 0.939. The van der Waals surface area contributed by atoms with Gasteiger partial charge in [0.2, 0.25) is 0 Å². The second-order valence-electron chi connectivity index (χ2n) is 5.61. The van der Waals surface area contributed by atoms with Crippen LogP contribution in [0.1, 0.15) is 48.8 Å². The van der Waals surface area contributed by atoms with E-state index in [1.165, 1.54) is 0 Å². The highest BCUT2D eigenvalue weighted by molar-refractivity contribution is 5.97. The second-order valence-corrected chi connectivity index (χ2v) is 5.61. The Balaban J connectivity index is 2.00. The summed E-state index contributed by atoms with van der Waals surface area (Å²) in [6.45, 7) is 6.06. The zero-order chi connectivity index (χ0) is 14.0. The number of H-pyrrole nitrogens is 1. The van der Waals surface area contributed by atoms with E-state index < -0.39 is 0 Å². The fraction of sp³-hybridized carbons (Fsp3) is 0.692. The van der Waals surface area contributed by atoms with Crippen LogP contribution in [-0.2, 0) is 0 Å². The lowest BCUT2D eigenvalue weighted by atomic mass is 10.0. The second kappa shape index (κ2) is 5.61. The number of anilines is 1.